The Morgan fingerprint density at radius 3 is 2.67 bits per heavy atom. The van der Waals surface area contributed by atoms with Gasteiger partial charge in [-0.2, -0.15) is 0 Å². The van der Waals surface area contributed by atoms with Crippen LogP contribution in [0.4, 0.5) is 13.2 Å². The molecule has 0 spiro atoms. The number of hydrogen-bond acceptors (Lipinski definition) is 3. The molecule has 1 aromatic carbocycles. The highest BCUT2D eigenvalue weighted by atomic mass is 35.5. The maximum Gasteiger partial charge on any atom is 0.253 e. The van der Waals surface area contributed by atoms with E-state index in [1.807, 2.05) is 0 Å². The van der Waals surface area contributed by atoms with Gasteiger partial charge in [-0.05, 0) is 43.3 Å². The van der Waals surface area contributed by atoms with Crippen LogP contribution >= 0.6 is 11.6 Å². The Balaban J connectivity index is 2.02. The van der Waals surface area contributed by atoms with Gasteiger partial charge < -0.3 is 15.2 Å². The van der Waals surface area contributed by atoms with E-state index in [0.717, 1.165) is 12.1 Å². The van der Waals surface area contributed by atoms with E-state index in [0.29, 0.717) is 12.0 Å². The van der Waals surface area contributed by atoms with Crippen LogP contribution in [0.5, 0.6) is 0 Å². The van der Waals surface area contributed by atoms with Gasteiger partial charge in [-0.1, -0.05) is 18.5 Å². The first-order valence-electron chi connectivity index (χ1n) is 9.52. The van der Waals surface area contributed by atoms with Gasteiger partial charge in [0.15, 0.2) is 0 Å². The van der Waals surface area contributed by atoms with Gasteiger partial charge in [-0.15, -0.1) is 0 Å². The van der Waals surface area contributed by atoms with E-state index < -0.39 is 29.8 Å². The van der Waals surface area contributed by atoms with Crippen molar-refractivity contribution >= 4 is 28.4 Å². The Morgan fingerprint density at radius 1 is 1.27 bits per heavy atom. The minimum Gasteiger partial charge on any atom is -0.346 e. The lowest BCUT2D eigenvalue weighted by molar-refractivity contribution is 0.0908. The highest BCUT2D eigenvalue weighted by molar-refractivity contribution is 6.29. The average Bonchev–Trinajstić information content (AvgIpc) is 3.09. The summed E-state index contributed by atoms with van der Waals surface area (Å²) in [6, 6.07) is 4.50. The van der Waals surface area contributed by atoms with Crippen LogP contribution in [-0.2, 0) is 6.54 Å². The van der Waals surface area contributed by atoms with Crippen molar-refractivity contribution in [3.05, 3.63) is 64.6 Å². The SMILES string of the molecule is CCC(NC(=O)c1cn(Cc2ccnc(Cl)c2)c2c(F)ccc(F)c12)C(F)CNC. The lowest BCUT2D eigenvalue weighted by Gasteiger charge is -2.20. The minimum absolute atomic E-state index is 0.0480. The van der Waals surface area contributed by atoms with Crippen LogP contribution in [0, 0.1) is 11.6 Å². The van der Waals surface area contributed by atoms with Gasteiger partial charge in [-0.25, -0.2) is 18.2 Å². The molecule has 3 rings (SSSR count). The van der Waals surface area contributed by atoms with E-state index in [1.165, 1.54) is 17.0 Å². The van der Waals surface area contributed by atoms with Gasteiger partial charge in [0.2, 0.25) is 0 Å². The van der Waals surface area contributed by atoms with Crippen molar-refractivity contribution in [2.75, 3.05) is 13.6 Å². The molecule has 0 saturated carbocycles. The van der Waals surface area contributed by atoms with Crippen LogP contribution in [0.25, 0.3) is 10.9 Å². The molecule has 2 aromatic heterocycles. The van der Waals surface area contributed by atoms with E-state index >= 15 is 0 Å². The molecule has 5 nitrogen and oxygen atoms in total. The van der Waals surface area contributed by atoms with Crippen molar-refractivity contribution in [1.82, 2.24) is 20.2 Å². The van der Waals surface area contributed by atoms with Gasteiger partial charge in [0.25, 0.3) is 5.91 Å². The van der Waals surface area contributed by atoms with E-state index in [4.69, 9.17) is 11.6 Å². The van der Waals surface area contributed by atoms with E-state index in [1.54, 1.807) is 26.1 Å². The van der Waals surface area contributed by atoms with Crippen molar-refractivity contribution < 1.29 is 18.0 Å². The van der Waals surface area contributed by atoms with E-state index in [-0.39, 0.29) is 34.7 Å². The number of nitrogens with one attached hydrogen (secondary N) is 2. The van der Waals surface area contributed by atoms with Crippen LogP contribution < -0.4 is 10.6 Å². The molecule has 2 atom stereocenters. The molecule has 2 heterocycles. The highest BCUT2D eigenvalue weighted by Crippen LogP contribution is 2.28. The Labute approximate surface area is 177 Å². The van der Waals surface area contributed by atoms with E-state index in [9.17, 15) is 18.0 Å². The Morgan fingerprint density at radius 2 is 2.00 bits per heavy atom. The molecule has 1 amide bonds. The summed E-state index contributed by atoms with van der Waals surface area (Å²) in [5.74, 6) is -2.07. The second-order valence-corrected chi connectivity index (χ2v) is 7.36. The Hall–Kier alpha value is -2.58. The molecule has 0 saturated heterocycles. The highest BCUT2D eigenvalue weighted by Gasteiger charge is 2.26. The quantitative estimate of drug-likeness (QED) is 0.521. The monoisotopic (exact) mass is 438 g/mol. The number of halogens is 4. The number of carbonyl (C=O) groups excluding carboxylic acids is 1. The van der Waals surface area contributed by atoms with Gasteiger partial charge >= 0.3 is 0 Å². The summed E-state index contributed by atoms with van der Waals surface area (Å²) in [6.45, 7) is 1.95. The number of alkyl halides is 1. The predicted octanol–water partition coefficient (Wildman–Crippen LogP) is 4.08. The summed E-state index contributed by atoms with van der Waals surface area (Å²) in [6.07, 6.45) is 1.90. The third-order valence-corrected chi connectivity index (χ3v) is 5.11. The molecule has 0 radical (unpaired) electrons. The largest absolute Gasteiger partial charge is 0.346 e. The molecule has 0 aliphatic heterocycles. The maximum absolute atomic E-state index is 14.6. The van der Waals surface area contributed by atoms with Crippen LogP contribution in [0.3, 0.4) is 0 Å². The standard InChI is InChI=1S/C21H22ClF3N4O/c1-3-17(16(25)9-26-2)28-21(30)13-11-29(10-12-6-7-27-18(22)8-12)20-15(24)5-4-14(23)19(13)20/h4-8,11,16-17,26H,3,9-10H2,1-2H3,(H,28,30). The van der Waals surface area contributed by atoms with Gasteiger partial charge in [-0.3, -0.25) is 4.79 Å². The molecule has 160 valence electrons. The topological polar surface area (TPSA) is 59.0 Å². The first kappa shape index (κ1) is 22.1. The molecule has 0 bridgehead atoms. The van der Waals surface area contributed by atoms with Gasteiger partial charge in [0.1, 0.15) is 23.0 Å². The number of aromatic nitrogens is 2. The number of carbonyl (C=O) groups is 1. The molecule has 3 aromatic rings. The lowest BCUT2D eigenvalue weighted by Crippen LogP contribution is -2.44. The zero-order valence-corrected chi connectivity index (χ0v) is 17.3. The third kappa shape index (κ3) is 4.60. The predicted molar refractivity (Wildman–Crippen MR) is 111 cm³/mol. The first-order valence-corrected chi connectivity index (χ1v) is 9.90. The number of nitrogens with zero attached hydrogens (tertiary/aromatic N) is 2. The fraction of sp³-hybridized carbons (Fsp3) is 0.333. The normalized spacial score (nSPS) is 13.4. The number of pyridine rings is 1. The lowest BCUT2D eigenvalue weighted by atomic mass is 10.1. The summed E-state index contributed by atoms with van der Waals surface area (Å²) in [7, 11) is 1.61. The van der Waals surface area contributed by atoms with Crippen LogP contribution in [-0.4, -0.2) is 41.3 Å². The van der Waals surface area contributed by atoms with Crippen molar-refractivity contribution in [2.24, 2.45) is 0 Å². The summed E-state index contributed by atoms with van der Waals surface area (Å²) in [5, 5.41) is 5.44. The summed E-state index contributed by atoms with van der Waals surface area (Å²) in [5.41, 5.74) is 0.595. The smallest absolute Gasteiger partial charge is 0.253 e. The molecule has 2 N–H and O–H groups in total. The van der Waals surface area contributed by atoms with Crippen LogP contribution in [0.1, 0.15) is 29.3 Å². The zero-order chi connectivity index (χ0) is 21.8. The van der Waals surface area contributed by atoms with Crippen molar-refractivity contribution in [1.29, 1.82) is 0 Å². The molecule has 0 aliphatic carbocycles. The number of rotatable bonds is 8. The summed E-state index contributed by atoms with van der Waals surface area (Å²) >= 11 is 5.91. The first-order chi connectivity index (χ1) is 14.3. The van der Waals surface area contributed by atoms with Gasteiger partial charge in [0, 0.05) is 25.5 Å². The molecule has 0 fully saturated rings. The molecule has 0 aliphatic rings. The Kier molecular flexibility index (Phi) is 6.99. The number of benzene rings is 1. The van der Waals surface area contributed by atoms with Crippen LogP contribution in [0.2, 0.25) is 5.15 Å². The fourth-order valence-electron chi connectivity index (χ4n) is 3.43. The van der Waals surface area contributed by atoms with Crippen molar-refractivity contribution in [2.45, 2.75) is 32.1 Å². The van der Waals surface area contributed by atoms with Crippen LogP contribution in [0.15, 0.2) is 36.7 Å². The molecular weight excluding hydrogens is 417 g/mol. The summed E-state index contributed by atoms with van der Waals surface area (Å²) in [4.78, 5) is 16.8. The van der Waals surface area contributed by atoms with Gasteiger partial charge in [0.05, 0.1) is 22.5 Å². The number of fused-ring (bicyclic) bond motifs is 1. The Bertz CT molecular complexity index is 1060. The minimum atomic E-state index is -1.32. The molecular formula is C21H22ClF3N4O. The third-order valence-electron chi connectivity index (χ3n) is 4.90. The second-order valence-electron chi connectivity index (χ2n) is 6.97. The summed E-state index contributed by atoms with van der Waals surface area (Å²) < 4.78 is 45.0. The molecule has 2 unspecified atom stereocenters. The second kappa shape index (κ2) is 9.49. The number of hydrogen-bond donors (Lipinski definition) is 2. The zero-order valence-electron chi connectivity index (χ0n) is 16.6. The molecule has 30 heavy (non-hydrogen) atoms. The number of amides is 1. The maximum atomic E-state index is 14.6. The van der Waals surface area contributed by atoms with Crippen molar-refractivity contribution in [3.63, 3.8) is 0 Å². The van der Waals surface area contributed by atoms with E-state index in [2.05, 4.69) is 15.6 Å². The fourth-order valence-corrected chi connectivity index (χ4v) is 3.63. The average molecular weight is 439 g/mol. The molecule has 9 heteroatoms. The van der Waals surface area contributed by atoms with Crippen molar-refractivity contribution in [3.8, 4) is 0 Å².